The number of aromatic nitrogens is 3. The van der Waals surface area contributed by atoms with E-state index in [1.54, 1.807) is 43.5 Å². The van der Waals surface area contributed by atoms with Crippen LogP contribution in [-0.4, -0.2) is 81.5 Å². The fourth-order valence-electron chi connectivity index (χ4n) is 6.87. The van der Waals surface area contributed by atoms with Crippen LogP contribution in [0.5, 0.6) is 17.6 Å². The summed E-state index contributed by atoms with van der Waals surface area (Å²) in [6, 6.07) is 11.2. The second-order valence-electron chi connectivity index (χ2n) is 13.4. The van der Waals surface area contributed by atoms with Crippen LogP contribution in [0.3, 0.4) is 0 Å². The van der Waals surface area contributed by atoms with Crippen LogP contribution in [0.25, 0.3) is 22.5 Å². The average Bonchev–Trinajstić information content (AvgIpc) is 3.76. The van der Waals surface area contributed by atoms with Crippen molar-refractivity contribution in [2.45, 2.75) is 70.1 Å². The number of halogens is 4. The van der Waals surface area contributed by atoms with E-state index in [4.69, 9.17) is 25.8 Å². The van der Waals surface area contributed by atoms with Crippen molar-refractivity contribution >= 4 is 23.6 Å². The van der Waals surface area contributed by atoms with E-state index in [9.17, 15) is 33.0 Å². The summed E-state index contributed by atoms with van der Waals surface area (Å²) in [5.41, 5.74) is 3.19. The number of ether oxygens (including phenoxy) is 3. The van der Waals surface area contributed by atoms with Gasteiger partial charge in [-0.15, -0.1) is 0 Å². The minimum Gasteiger partial charge on any atom is -0.481 e. The molecule has 6 rings (SSSR count). The van der Waals surface area contributed by atoms with Gasteiger partial charge in [-0.1, -0.05) is 29.8 Å². The summed E-state index contributed by atoms with van der Waals surface area (Å²) in [5, 5.41) is 25.4. The second-order valence-corrected chi connectivity index (χ2v) is 13.7. The van der Waals surface area contributed by atoms with Crippen LogP contribution in [0.15, 0.2) is 48.7 Å². The minimum absolute atomic E-state index is 0.00892. The zero-order valence-corrected chi connectivity index (χ0v) is 31.0. The quantitative estimate of drug-likeness (QED) is 0.115. The topological polar surface area (TPSA) is 168 Å². The number of benzene rings is 1. The number of pyridine rings is 3. The molecule has 1 aromatic carbocycles. The zero-order chi connectivity index (χ0) is 39.4. The van der Waals surface area contributed by atoms with Crippen LogP contribution in [0.2, 0.25) is 5.02 Å². The van der Waals surface area contributed by atoms with E-state index in [1.807, 2.05) is 6.07 Å². The molecule has 3 atom stereocenters. The van der Waals surface area contributed by atoms with Crippen molar-refractivity contribution in [3.05, 3.63) is 81.5 Å². The van der Waals surface area contributed by atoms with Crippen molar-refractivity contribution in [2.75, 3.05) is 27.3 Å². The van der Waals surface area contributed by atoms with Gasteiger partial charge in [-0.3, -0.25) is 9.78 Å². The number of fused-ring (bicyclic) bond motifs is 1. The van der Waals surface area contributed by atoms with Gasteiger partial charge < -0.3 is 40.0 Å². The lowest BCUT2D eigenvalue weighted by Gasteiger charge is -2.23. The maximum Gasteiger partial charge on any atom is 0.421 e. The Morgan fingerprint density at radius 3 is 2.49 bits per heavy atom. The van der Waals surface area contributed by atoms with Crippen molar-refractivity contribution in [3.63, 3.8) is 0 Å². The monoisotopic (exact) mass is 784 g/mol. The highest BCUT2D eigenvalue weighted by atomic mass is 35.5. The maximum absolute atomic E-state index is 14.3. The Morgan fingerprint density at radius 2 is 1.82 bits per heavy atom. The van der Waals surface area contributed by atoms with Crippen LogP contribution in [-0.2, 0) is 30.5 Å². The molecular formula is C38H40ClF3N6O7. The summed E-state index contributed by atoms with van der Waals surface area (Å²) in [6.45, 7) is 1.81. The first kappa shape index (κ1) is 39.5. The molecule has 13 nitrogen and oxygen atoms in total. The number of carbonyl (C=O) groups excluding carboxylic acids is 1. The van der Waals surface area contributed by atoms with Gasteiger partial charge in [0, 0.05) is 60.5 Å². The van der Waals surface area contributed by atoms with Gasteiger partial charge in [0.15, 0.2) is 0 Å². The average molecular weight is 785 g/mol. The Morgan fingerprint density at radius 1 is 1.05 bits per heavy atom. The predicted octanol–water partition coefficient (Wildman–Crippen LogP) is 6.19. The standard InChI is InChI=1S/C38H40ClF3N6O7/c1-20(49)16-43-17-22-15-28(38(40,41)42)36(47-35(22)54-3)55-30-11-9-24-25(30)5-4-6-26(24)33-32(39)27(13-14-44-33)29-10-7-21(34(46-29)53-2)18-48(37(51)52)19-23-8-12-31(50)45-23/h4-7,10,13-15,20,23,30,43,49H,8-9,11-12,16-19H2,1-3H3,(H,45,50)(H,51,52)/t20?,23-,30-/m0/s1. The van der Waals surface area contributed by atoms with Crippen molar-refractivity contribution in [3.8, 4) is 40.2 Å². The van der Waals surface area contributed by atoms with Crippen LogP contribution in [0, 0.1) is 0 Å². The number of hydrogen-bond acceptors (Lipinski definition) is 10. The van der Waals surface area contributed by atoms with Crippen molar-refractivity contribution in [1.82, 2.24) is 30.5 Å². The molecule has 4 heterocycles. The number of nitrogens with zero attached hydrogens (tertiary/aromatic N) is 4. The molecule has 4 N–H and O–H groups in total. The molecule has 3 aromatic heterocycles. The molecule has 1 saturated heterocycles. The van der Waals surface area contributed by atoms with Crippen molar-refractivity contribution in [2.24, 2.45) is 0 Å². The summed E-state index contributed by atoms with van der Waals surface area (Å²) in [5.74, 6) is -0.552. The normalized spacial score (nSPS) is 17.1. The third-order valence-electron chi connectivity index (χ3n) is 9.46. The molecule has 1 aliphatic heterocycles. The number of hydrogen-bond donors (Lipinski definition) is 4. The molecule has 292 valence electrons. The molecule has 1 unspecified atom stereocenters. The van der Waals surface area contributed by atoms with E-state index in [0.717, 1.165) is 11.6 Å². The first-order valence-electron chi connectivity index (χ1n) is 17.6. The fourth-order valence-corrected chi connectivity index (χ4v) is 7.18. The predicted molar refractivity (Wildman–Crippen MR) is 195 cm³/mol. The molecule has 1 aliphatic carbocycles. The Hall–Kier alpha value is -5.19. The van der Waals surface area contributed by atoms with E-state index < -0.39 is 35.9 Å². The summed E-state index contributed by atoms with van der Waals surface area (Å²) < 4.78 is 59.9. The van der Waals surface area contributed by atoms with Crippen LogP contribution in [0.4, 0.5) is 18.0 Å². The van der Waals surface area contributed by atoms with E-state index in [0.29, 0.717) is 59.3 Å². The van der Waals surface area contributed by atoms with Gasteiger partial charge in [-0.25, -0.2) is 9.78 Å². The lowest BCUT2D eigenvalue weighted by molar-refractivity contribution is -0.139. The Kier molecular flexibility index (Phi) is 12.0. The second kappa shape index (κ2) is 16.7. The number of aliphatic hydroxyl groups is 1. The molecule has 0 saturated carbocycles. The summed E-state index contributed by atoms with van der Waals surface area (Å²) in [7, 11) is 2.74. The number of rotatable bonds is 14. The van der Waals surface area contributed by atoms with Gasteiger partial charge in [0.2, 0.25) is 23.5 Å². The highest BCUT2D eigenvalue weighted by Crippen LogP contribution is 2.45. The molecular weight excluding hydrogens is 745 g/mol. The highest BCUT2D eigenvalue weighted by Gasteiger charge is 2.39. The first-order chi connectivity index (χ1) is 26.3. The largest absolute Gasteiger partial charge is 0.481 e. The molecule has 4 aromatic rings. The van der Waals surface area contributed by atoms with Crippen LogP contribution >= 0.6 is 11.6 Å². The number of nitrogens with one attached hydrogen (secondary N) is 2. The summed E-state index contributed by atoms with van der Waals surface area (Å²) in [4.78, 5) is 38.3. The third kappa shape index (κ3) is 8.87. The van der Waals surface area contributed by atoms with Gasteiger partial charge in [-0.2, -0.15) is 18.2 Å². The smallest absolute Gasteiger partial charge is 0.421 e. The molecule has 55 heavy (non-hydrogen) atoms. The van der Waals surface area contributed by atoms with Crippen LogP contribution < -0.4 is 24.8 Å². The van der Waals surface area contributed by atoms with E-state index in [1.165, 1.54) is 19.1 Å². The number of carbonyl (C=O) groups is 2. The molecule has 2 amide bonds. The Labute approximate surface area is 319 Å². The Balaban J connectivity index is 1.27. The molecule has 0 radical (unpaired) electrons. The number of amides is 2. The molecule has 1 fully saturated rings. The van der Waals surface area contributed by atoms with Crippen molar-refractivity contribution in [1.29, 1.82) is 0 Å². The van der Waals surface area contributed by atoms with Gasteiger partial charge in [-0.05, 0) is 61.6 Å². The van der Waals surface area contributed by atoms with E-state index in [-0.39, 0.29) is 60.5 Å². The minimum atomic E-state index is -4.77. The molecule has 0 spiro atoms. The summed E-state index contributed by atoms with van der Waals surface area (Å²) in [6.07, 6.45) is -4.08. The van der Waals surface area contributed by atoms with Crippen molar-refractivity contribution < 1.29 is 47.2 Å². The van der Waals surface area contributed by atoms with Gasteiger partial charge in [0.25, 0.3) is 0 Å². The number of methoxy groups -OCH3 is 2. The summed E-state index contributed by atoms with van der Waals surface area (Å²) >= 11 is 7.02. The molecule has 0 bridgehead atoms. The molecule has 2 aliphatic rings. The van der Waals surface area contributed by atoms with Crippen LogP contribution in [0.1, 0.15) is 60.1 Å². The fraction of sp³-hybridized carbons (Fsp3) is 0.395. The van der Waals surface area contributed by atoms with Gasteiger partial charge in [0.1, 0.15) is 11.7 Å². The maximum atomic E-state index is 14.3. The number of alkyl halides is 3. The lowest BCUT2D eigenvalue weighted by atomic mass is 9.98. The number of aliphatic hydroxyl groups excluding tert-OH is 1. The van der Waals surface area contributed by atoms with E-state index in [2.05, 4.69) is 25.6 Å². The zero-order valence-electron chi connectivity index (χ0n) is 30.2. The van der Waals surface area contributed by atoms with Gasteiger partial charge in [0.05, 0.1) is 43.3 Å². The third-order valence-corrected chi connectivity index (χ3v) is 9.84. The number of carboxylic acid groups (broad SMARTS) is 1. The SMILES string of the molecule is COc1nc(-c2ccnc(-c3cccc4c3CC[C@@H]4Oc3nc(OC)c(CNCC(C)O)cc3C(F)(F)F)c2Cl)ccc1CN(C[C@@H]1CCC(=O)N1)C(=O)O. The lowest BCUT2D eigenvalue weighted by Crippen LogP contribution is -2.41. The Bertz CT molecular complexity index is 2070. The molecule has 17 heteroatoms. The van der Waals surface area contributed by atoms with E-state index >= 15 is 0 Å². The van der Waals surface area contributed by atoms with Gasteiger partial charge >= 0.3 is 12.3 Å². The first-order valence-corrected chi connectivity index (χ1v) is 17.9. The highest BCUT2D eigenvalue weighted by molar-refractivity contribution is 6.35.